The molecule has 100 valence electrons. The van der Waals surface area contributed by atoms with Crippen molar-refractivity contribution in [2.24, 2.45) is 0 Å². The smallest absolute Gasteiger partial charge is 0.0715 e. The zero-order valence-corrected chi connectivity index (χ0v) is 12.6. The molecule has 2 unspecified atom stereocenters. The zero-order chi connectivity index (χ0) is 13.1. The Balaban J connectivity index is 2.30. The fourth-order valence-corrected chi connectivity index (χ4v) is 2.87. The Morgan fingerprint density at radius 1 is 1.50 bits per heavy atom. The van der Waals surface area contributed by atoms with Crippen LogP contribution in [0.2, 0.25) is 0 Å². The number of piperidine rings is 1. The van der Waals surface area contributed by atoms with E-state index in [9.17, 15) is 5.11 Å². The van der Waals surface area contributed by atoms with Crippen molar-refractivity contribution in [3.63, 3.8) is 0 Å². The molecule has 2 atom stereocenters. The van der Waals surface area contributed by atoms with Crippen LogP contribution >= 0.6 is 15.9 Å². The van der Waals surface area contributed by atoms with Gasteiger partial charge < -0.3 is 15.3 Å². The average molecular weight is 313 g/mol. The summed E-state index contributed by atoms with van der Waals surface area (Å²) in [6.45, 7) is 3.93. The normalized spacial score (nSPS) is 22.0. The molecule has 1 aliphatic heterocycles. The molecule has 1 aromatic rings. The van der Waals surface area contributed by atoms with Crippen molar-refractivity contribution in [2.45, 2.75) is 31.9 Å². The minimum Gasteiger partial charge on any atom is -0.391 e. The van der Waals surface area contributed by atoms with Gasteiger partial charge in [0.2, 0.25) is 0 Å². The van der Waals surface area contributed by atoms with E-state index in [4.69, 9.17) is 0 Å². The first-order chi connectivity index (χ1) is 8.61. The highest BCUT2D eigenvalue weighted by Gasteiger charge is 2.21. The molecule has 0 bridgehead atoms. The summed E-state index contributed by atoms with van der Waals surface area (Å²) in [6.07, 6.45) is 1.79. The van der Waals surface area contributed by atoms with E-state index in [1.54, 1.807) is 0 Å². The molecule has 1 aliphatic rings. The Hall–Kier alpha value is -0.580. The number of hydrogen-bond donors (Lipinski definition) is 2. The molecule has 0 amide bonds. The lowest BCUT2D eigenvalue weighted by Gasteiger charge is -2.34. The van der Waals surface area contributed by atoms with Gasteiger partial charge in [-0.3, -0.25) is 0 Å². The molecular formula is C14H21BrN2O. The van der Waals surface area contributed by atoms with Crippen molar-refractivity contribution in [2.75, 3.05) is 25.0 Å². The van der Waals surface area contributed by atoms with Crippen LogP contribution in [-0.4, -0.2) is 31.3 Å². The minimum atomic E-state index is -0.194. The maximum atomic E-state index is 9.82. The highest BCUT2D eigenvalue weighted by molar-refractivity contribution is 9.10. The monoisotopic (exact) mass is 312 g/mol. The summed E-state index contributed by atoms with van der Waals surface area (Å²) in [4.78, 5) is 2.30. The number of nitrogens with one attached hydrogen (secondary N) is 1. The largest absolute Gasteiger partial charge is 0.391 e. The van der Waals surface area contributed by atoms with Gasteiger partial charge in [-0.15, -0.1) is 0 Å². The minimum absolute atomic E-state index is 0.194. The lowest BCUT2D eigenvalue weighted by atomic mass is 10.0. The number of hydrogen-bond acceptors (Lipinski definition) is 3. The molecule has 2 N–H and O–H groups in total. The molecule has 0 spiro atoms. The van der Waals surface area contributed by atoms with Crippen molar-refractivity contribution in [3.05, 3.63) is 28.2 Å². The van der Waals surface area contributed by atoms with Crippen LogP contribution in [0, 0.1) is 0 Å². The zero-order valence-electron chi connectivity index (χ0n) is 11.0. The van der Waals surface area contributed by atoms with E-state index in [0.29, 0.717) is 6.04 Å². The lowest BCUT2D eigenvalue weighted by Crippen LogP contribution is -2.39. The van der Waals surface area contributed by atoms with Crippen LogP contribution in [0.3, 0.4) is 0 Å². The summed E-state index contributed by atoms with van der Waals surface area (Å²) in [5.74, 6) is 0. The summed E-state index contributed by atoms with van der Waals surface area (Å²) < 4.78 is 1.10. The SMILES string of the molecule is CNC(C)c1cc(Br)ccc1N1CCCC(O)C1. The molecule has 0 aliphatic carbocycles. The van der Waals surface area contributed by atoms with Crippen molar-refractivity contribution >= 4 is 21.6 Å². The van der Waals surface area contributed by atoms with Gasteiger partial charge in [0.25, 0.3) is 0 Å². The molecule has 0 radical (unpaired) electrons. The van der Waals surface area contributed by atoms with Crippen molar-refractivity contribution < 1.29 is 5.11 Å². The number of aliphatic hydroxyl groups is 1. The third kappa shape index (κ3) is 3.05. The molecule has 18 heavy (non-hydrogen) atoms. The number of β-amino-alcohol motifs (C(OH)–C–C–N with tert-alkyl or cyclic N) is 1. The first kappa shape index (κ1) is 13.8. The number of rotatable bonds is 3. The van der Waals surface area contributed by atoms with E-state index in [0.717, 1.165) is 30.4 Å². The molecule has 1 saturated heterocycles. The van der Waals surface area contributed by atoms with Crippen molar-refractivity contribution in [3.8, 4) is 0 Å². The highest BCUT2D eigenvalue weighted by Crippen LogP contribution is 2.31. The standard InChI is InChI=1S/C14H21BrN2O/c1-10(16-2)13-8-11(15)5-6-14(13)17-7-3-4-12(18)9-17/h5-6,8,10,12,16,18H,3-4,7,9H2,1-2H3. The Kier molecular flexibility index (Phi) is 4.65. The first-order valence-corrected chi connectivity index (χ1v) is 7.31. The van der Waals surface area contributed by atoms with Gasteiger partial charge in [-0.05, 0) is 50.6 Å². The predicted octanol–water partition coefficient (Wildman–Crippen LogP) is 2.69. The second kappa shape index (κ2) is 6.04. The van der Waals surface area contributed by atoms with Gasteiger partial charge in [0, 0.05) is 29.3 Å². The molecule has 0 saturated carbocycles. The third-order valence-electron chi connectivity index (χ3n) is 3.63. The highest BCUT2D eigenvalue weighted by atomic mass is 79.9. The van der Waals surface area contributed by atoms with Crippen LogP contribution < -0.4 is 10.2 Å². The molecule has 4 heteroatoms. The van der Waals surface area contributed by atoms with E-state index in [1.165, 1.54) is 11.3 Å². The number of nitrogens with zero attached hydrogens (tertiary/aromatic N) is 1. The second-order valence-electron chi connectivity index (χ2n) is 4.96. The van der Waals surface area contributed by atoms with Gasteiger partial charge in [0.05, 0.1) is 6.10 Å². The first-order valence-electron chi connectivity index (χ1n) is 6.51. The van der Waals surface area contributed by atoms with Crippen LogP contribution in [0.4, 0.5) is 5.69 Å². The summed E-state index contributed by atoms with van der Waals surface area (Å²) in [5.41, 5.74) is 2.51. The number of aliphatic hydroxyl groups excluding tert-OH is 1. The summed E-state index contributed by atoms with van der Waals surface area (Å²) in [6, 6.07) is 6.68. The van der Waals surface area contributed by atoms with E-state index in [2.05, 4.69) is 51.3 Å². The van der Waals surface area contributed by atoms with Crippen LogP contribution in [0.1, 0.15) is 31.4 Å². The maximum absolute atomic E-state index is 9.82. The summed E-state index contributed by atoms with van der Waals surface area (Å²) in [5, 5.41) is 13.1. The molecule has 2 rings (SSSR count). The third-order valence-corrected chi connectivity index (χ3v) is 4.12. The Morgan fingerprint density at radius 2 is 2.28 bits per heavy atom. The molecule has 1 fully saturated rings. The summed E-state index contributed by atoms with van der Waals surface area (Å²) in [7, 11) is 1.97. The maximum Gasteiger partial charge on any atom is 0.0715 e. The molecule has 1 aromatic carbocycles. The second-order valence-corrected chi connectivity index (χ2v) is 5.87. The van der Waals surface area contributed by atoms with Gasteiger partial charge in [-0.1, -0.05) is 15.9 Å². The molecule has 1 heterocycles. The lowest BCUT2D eigenvalue weighted by molar-refractivity contribution is 0.154. The van der Waals surface area contributed by atoms with E-state index >= 15 is 0 Å². The topological polar surface area (TPSA) is 35.5 Å². The van der Waals surface area contributed by atoms with Gasteiger partial charge >= 0.3 is 0 Å². The quantitative estimate of drug-likeness (QED) is 0.901. The van der Waals surface area contributed by atoms with Gasteiger partial charge in [-0.25, -0.2) is 0 Å². The van der Waals surface area contributed by atoms with E-state index < -0.39 is 0 Å². The van der Waals surface area contributed by atoms with E-state index in [1.807, 2.05) is 7.05 Å². The number of halogens is 1. The van der Waals surface area contributed by atoms with Crippen LogP contribution in [0.15, 0.2) is 22.7 Å². The van der Waals surface area contributed by atoms with Crippen LogP contribution in [-0.2, 0) is 0 Å². The Labute approximate surface area is 117 Å². The van der Waals surface area contributed by atoms with Crippen LogP contribution in [0.25, 0.3) is 0 Å². The number of anilines is 1. The molecular weight excluding hydrogens is 292 g/mol. The number of benzene rings is 1. The van der Waals surface area contributed by atoms with Crippen molar-refractivity contribution in [1.29, 1.82) is 0 Å². The predicted molar refractivity (Wildman–Crippen MR) is 79.1 cm³/mol. The Bertz CT molecular complexity index is 411. The van der Waals surface area contributed by atoms with Crippen LogP contribution in [0.5, 0.6) is 0 Å². The van der Waals surface area contributed by atoms with Gasteiger partial charge in [0.15, 0.2) is 0 Å². The van der Waals surface area contributed by atoms with E-state index in [-0.39, 0.29) is 6.10 Å². The Morgan fingerprint density at radius 3 is 2.94 bits per heavy atom. The summed E-state index contributed by atoms with van der Waals surface area (Å²) >= 11 is 3.53. The average Bonchev–Trinajstić information content (AvgIpc) is 2.37. The molecule has 0 aromatic heterocycles. The fourth-order valence-electron chi connectivity index (χ4n) is 2.49. The van der Waals surface area contributed by atoms with Gasteiger partial charge in [0.1, 0.15) is 0 Å². The van der Waals surface area contributed by atoms with Crippen molar-refractivity contribution in [1.82, 2.24) is 5.32 Å². The molecule has 3 nitrogen and oxygen atoms in total. The van der Waals surface area contributed by atoms with Gasteiger partial charge in [-0.2, -0.15) is 0 Å². The fraction of sp³-hybridized carbons (Fsp3) is 0.571.